The summed E-state index contributed by atoms with van der Waals surface area (Å²) in [5.41, 5.74) is 1.14. The minimum Gasteiger partial charge on any atom is -0.408 e. The van der Waals surface area contributed by atoms with Crippen LogP contribution < -0.4 is 5.76 Å². The van der Waals surface area contributed by atoms with Crippen LogP contribution in [-0.2, 0) is 17.9 Å². The molecular weight excluding hydrogens is 350 g/mol. The standard InChI is InChI=1S/C19H23N3O3S/c1-14-8-9-15(26-14)12-21(11-10-20(2)3)18(23)13-22-16-6-4-5-7-17(16)25-19(22)24/h4-9H,10-13H2,1-3H3. The fourth-order valence-electron chi connectivity index (χ4n) is 2.77. The summed E-state index contributed by atoms with van der Waals surface area (Å²) in [6.45, 7) is 3.95. The number of thiophene rings is 1. The van der Waals surface area contributed by atoms with Crippen molar-refractivity contribution in [2.24, 2.45) is 0 Å². The molecule has 3 rings (SSSR count). The Balaban J connectivity index is 1.81. The molecule has 3 aromatic rings. The molecule has 6 nitrogen and oxygen atoms in total. The van der Waals surface area contributed by atoms with Crippen LogP contribution in [0.4, 0.5) is 0 Å². The monoisotopic (exact) mass is 373 g/mol. The number of hydrogen-bond acceptors (Lipinski definition) is 5. The number of carbonyl (C=O) groups is 1. The third-order valence-electron chi connectivity index (χ3n) is 4.18. The van der Waals surface area contributed by atoms with Crippen LogP contribution in [0.3, 0.4) is 0 Å². The van der Waals surface area contributed by atoms with E-state index in [0.717, 1.165) is 11.4 Å². The van der Waals surface area contributed by atoms with Crippen LogP contribution in [0.2, 0.25) is 0 Å². The SMILES string of the molecule is Cc1ccc(CN(CCN(C)C)C(=O)Cn2c(=O)oc3ccccc32)s1. The molecule has 0 aliphatic heterocycles. The van der Waals surface area contributed by atoms with Gasteiger partial charge in [-0.05, 0) is 45.3 Å². The van der Waals surface area contributed by atoms with E-state index in [1.54, 1.807) is 34.4 Å². The smallest absolute Gasteiger partial charge is 0.408 e. The number of likely N-dealkylation sites (N-methyl/N-ethyl adjacent to an activating group) is 1. The molecule has 0 bridgehead atoms. The summed E-state index contributed by atoms with van der Waals surface area (Å²) >= 11 is 1.69. The van der Waals surface area contributed by atoms with Crippen molar-refractivity contribution in [3.63, 3.8) is 0 Å². The van der Waals surface area contributed by atoms with Crippen molar-refractivity contribution < 1.29 is 9.21 Å². The Bertz CT molecular complexity index is 954. The number of oxazole rings is 1. The summed E-state index contributed by atoms with van der Waals surface area (Å²) in [6.07, 6.45) is 0. The lowest BCUT2D eigenvalue weighted by molar-refractivity contribution is -0.132. The number of nitrogens with zero attached hydrogens (tertiary/aromatic N) is 3. The molecule has 1 aromatic carbocycles. The van der Waals surface area contributed by atoms with Gasteiger partial charge < -0.3 is 14.2 Å². The topological polar surface area (TPSA) is 58.7 Å². The number of para-hydroxylation sites is 2. The fraction of sp³-hybridized carbons (Fsp3) is 0.368. The number of aryl methyl sites for hydroxylation is 1. The predicted octanol–water partition coefficient (Wildman–Crippen LogP) is 2.55. The molecule has 0 N–H and O–H groups in total. The Morgan fingerprint density at radius 3 is 2.62 bits per heavy atom. The Kier molecular flexibility index (Phi) is 5.58. The lowest BCUT2D eigenvalue weighted by atomic mass is 10.3. The summed E-state index contributed by atoms with van der Waals surface area (Å²) in [6, 6.07) is 11.3. The molecule has 2 heterocycles. The van der Waals surface area contributed by atoms with Crippen LogP contribution in [0.25, 0.3) is 11.1 Å². The van der Waals surface area contributed by atoms with Crippen LogP contribution in [0, 0.1) is 6.92 Å². The van der Waals surface area contributed by atoms with Crippen molar-refractivity contribution >= 4 is 28.3 Å². The summed E-state index contributed by atoms with van der Waals surface area (Å²) < 4.78 is 6.63. The number of rotatable bonds is 7. The van der Waals surface area contributed by atoms with Crippen LogP contribution >= 0.6 is 11.3 Å². The average molecular weight is 373 g/mol. The van der Waals surface area contributed by atoms with Crippen LogP contribution in [0.15, 0.2) is 45.6 Å². The highest BCUT2D eigenvalue weighted by molar-refractivity contribution is 7.11. The highest BCUT2D eigenvalue weighted by atomic mass is 32.1. The Hall–Kier alpha value is -2.38. The van der Waals surface area contributed by atoms with Crippen molar-refractivity contribution in [3.05, 3.63) is 56.7 Å². The van der Waals surface area contributed by atoms with E-state index in [-0.39, 0.29) is 12.5 Å². The summed E-state index contributed by atoms with van der Waals surface area (Å²) in [5.74, 6) is -0.592. The van der Waals surface area contributed by atoms with Crippen molar-refractivity contribution in [3.8, 4) is 0 Å². The number of benzene rings is 1. The minimum absolute atomic E-state index is 0.0202. The number of fused-ring (bicyclic) bond motifs is 1. The molecule has 0 spiro atoms. The summed E-state index contributed by atoms with van der Waals surface area (Å²) in [4.78, 5) is 31.3. The van der Waals surface area contributed by atoms with E-state index in [2.05, 4.69) is 19.1 Å². The van der Waals surface area contributed by atoms with E-state index in [0.29, 0.717) is 24.2 Å². The van der Waals surface area contributed by atoms with Crippen LogP contribution in [0.1, 0.15) is 9.75 Å². The van der Waals surface area contributed by atoms with Crippen LogP contribution in [0.5, 0.6) is 0 Å². The maximum Gasteiger partial charge on any atom is 0.420 e. The third-order valence-corrected chi connectivity index (χ3v) is 5.17. The van der Waals surface area contributed by atoms with E-state index in [1.165, 1.54) is 9.44 Å². The minimum atomic E-state index is -0.501. The molecule has 2 aromatic heterocycles. The van der Waals surface area contributed by atoms with Crippen LogP contribution in [-0.4, -0.2) is 47.5 Å². The zero-order chi connectivity index (χ0) is 18.7. The van der Waals surface area contributed by atoms with Crippen molar-refractivity contribution in [1.29, 1.82) is 0 Å². The van der Waals surface area contributed by atoms with E-state index < -0.39 is 5.76 Å². The first-order chi connectivity index (χ1) is 12.4. The van der Waals surface area contributed by atoms with Gasteiger partial charge in [0.1, 0.15) is 6.54 Å². The van der Waals surface area contributed by atoms with Gasteiger partial charge >= 0.3 is 5.76 Å². The van der Waals surface area contributed by atoms with Gasteiger partial charge in [0.2, 0.25) is 5.91 Å². The zero-order valence-electron chi connectivity index (χ0n) is 15.3. The van der Waals surface area contributed by atoms with E-state index in [1.807, 2.05) is 25.1 Å². The summed E-state index contributed by atoms with van der Waals surface area (Å²) in [7, 11) is 3.96. The molecule has 0 saturated heterocycles. The summed E-state index contributed by atoms with van der Waals surface area (Å²) in [5, 5.41) is 0. The zero-order valence-corrected chi connectivity index (χ0v) is 16.1. The molecule has 138 valence electrons. The van der Waals surface area contributed by atoms with Crippen molar-refractivity contribution in [2.75, 3.05) is 27.2 Å². The Morgan fingerprint density at radius 2 is 1.92 bits per heavy atom. The van der Waals surface area contributed by atoms with Gasteiger partial charge in [-0.15, -0.1) is 11.3 Å². The molecular formula is C19H23N3O3S. The maximum atomic E-state index is 12.9. The van der Waals surface area contributed by atoms with E-state index in [9.17, 15) is 9.59 Å². The number of amides is 1. The lowest BCUT2D eigenvalue weighted by Crippen LogP contribution is -2.39. The van der Waals surface area contributed by atoms with Gasteiger partial charge in [0.05, 0.1) is 12.1 Å². The molecule has 0 unspecified atom stereocenters. The second kappa shape index (κ2) is 7.88. The van der Waals surface area contributed by atoms with E-state index in [4.69, 9.17) is 4.42 Å². The average Bonchev–Trinajstić information content (AvgIpc) is 3.14. The van der Waals surface area contributed by atoms with Gasteiger partial charge in [-0.2, -0.15) is 0 Å². The highest BCUT2D eigenvalue weighted by Crippen LogP contribution is 2.18. The molecule has 0 saturated carbocycles. The van der Waals surface area contributed by atoms with Crippen molar-refractivity contribution in [1.82, 2.24) is 14.4 Å². The number of hydrogen-bond donors (Lipinski definition) is 0. The first kappa shape index (κ1) is 18.4. The molecule has 0 atom stereocenters. The van der Waals surface area contributed by atoms with Crippen molar-refractivity contribution in [2.45, 2.75) is 20.0 Å². The normalized spacial score (nSPS) is 11.4. The molecule has 0 radical (unpaired) electrons. The fourth-order valence-corrected chi connectivity index (χ4v) is 3.68. The molecule has 26 heavy (non-hydrogen) atoms. The van der Waals surface area contributed by atoms with Gasteiger partial charge in [0, 0.05) is 22.8 Å². The molecule has 1 amide bonds. The quantitative estimate of drug-likeness (QED) is 0.639. The van der Waals surface area contributed by atoms with Gasteiger partial charge in [0.25, 0.3) is 0 Å². The number of aromatic nitrogens is 1. The van der Waals surface area contributed by atoms with Gasteiger partial charge in [0.15, 0.2) is 5.58 Å². The largest absolute Gasteiger partial charge is 0.420 e. The predicted molar refractivity (Wildman–Crippen MR) is 104 cm³/mol. The number of carbonyl (C=O) groups excluding carboxylic acids is 1. The van der Waals surface area contributed by atoms with Gasteiger partial charge in [-0.3, -0.25) is 9.36 Å². The second-order valence-corrected chi connectivity index (χ2v) is 7.93. The Labute approximate surface area is 156 Å². The molecule has 7 heteroatoms. The molecule has 0 aliphatic rings. The Morgan fingerprint density at radius 1 is 1.15 bits per heavy atom. The lowest BCUT2D eigenvalue weighted by Gasteiger charge is -2.24. The first-order valence-corrected chi connectivity index (χ1v) is 9.32. The van der Waals surface area contributed by atoms with Gasteiger partial charge in [-0.1, -0.05) is 12.1 Å². The third kappa shape index (κ3) is 4.23. The molecule has 0 fully saturated rings. The maximum absolute atomic E-state index is 12.9. The first-order valence-electron chi connectivity index (χ1n) is 8.50. The molecule has 0 aliphatic carbocycles. The second-order valence-electron chi connectivity index (χ2n) is 6.55. The van der Waals surface area contributed by atoms with Gasteiger partial charge in [-0.25, -0.2) is 4.79 Å². The van der Waals surface area contributed by atoms with E-state index >= 15 is 0 Å². The highest BCUT2D eigenvalue weighted by Gasteiger charge is 2.19.